The third-order valence-corrected chi connectivity index (χ3v) is 3.88. The van der Waals surface area contributed by atoms with E-state index < -0.39 is 0 Å². The maximum Gasteiger partial charge on any atom is 0.119 e. The lowest BCUT2D eigenvalue weighted by Crippen LogP contribution is -2.41. The van der Waals surface area contributed by atoms with Gasteiger partial charge in [-0.05, 0) is 50.6 Å². The van der Waals surface area contributed by atoms with Crippen molar-refractivity contribution in [1.82, 2.24) is 4.90 Å². The molecule has 1 fully saturated rings. The van der Waals surface area contributed by atoms with Crippen LogP contribution in [0.25, 0.3) is 0 Å². The van der Waals surface area contributed by atoms with Gasteiger partial charge in [-0.3, -0.25) is 4.90 Å². The Morgan fingerprint density at radius 2 is 2.11 bits per heavy atom. The predicted molar refractivity (Wildman–Crippen MR) is 80.7 cm³/mol. The zero-order chi connectivity index (χ0) is 13.5. The van der Waals surface area contributed by atoms with Gasteiger partial charge in [0.1, 0.15) is 12.4 Å². The number of benzene rings is 1. The highest BCUT2D eigenvalue weighted by Gasteiger charge is 2.19. The molecule has 0 saturated carbocycles. The van der Waals surface area contributed by atoms with Crippen molar-refractivity contribution in [3.05, 3.63) is 28.7 Å². The number of likely N-dealkylation sites (tertiary alicyclic amines) is 1. The van der Waals surface area contributed by atoms with Crippen molar-refractivity contribution >= 4 is 15.9 Å². The monoisotopic (exact) mass is 327 g/mol. The summed E-state index contributed by atoms with van der Waals surface area (Å²) in [5, 5.41) is 0. The highest BCUT2D eigenvalue weighted by atomic mass is 79.9. The van der Waals surface area contributed by atoms with Gasteiger partial charge >= 0.3 is 0 Å². The molecule has 0 aromatic heterocycles. The standard InChI is InChI=1S/C15H22BrNO2/c1-2-18-15-4-3-9-17(12-15)10-11-19-14-7-5-13(16)6-8-14/h5-8,15H,2-4,9-12H2,1H3. The number of piperidine rings is 1. The normalized spacial score (nSPS) is 20.4. The van der Waals surface area contributed by atoms with E-state index in [9.17, 15) is 0 Å². The van der Waals surface area contributed by atoms with E-state index in [0.717, 1.165) is 43.1 Å². The van der Waals surface area contributed by atoms with Crippen molar-refractivity contribution in [3.8, 4) is 5.75 Å². The Kier molecular flexibility index (Phi) is 6.14. The van der Waals surface area contributed by atoms with Gasteiger partial charge in [-0.2, -0.15) is 0 Å². The predicted octanol–water partition coefficient (Wildman–Crippen LogP) is 3.33. The third kappa shape index (κ3) is 5.13. The van der Waals surface area contributed by atoms with Gasteiger partial charge in [0.15, 0.2) is 0 Å². The van der Waals surface area contributed by atoms with Crippen LogP contribution in [0.1, 0.15) is 19.8 Å². The molecule has 3 nitrogen and oxygen atoms in total. The highest BCUT2D eigenvalue weighted by molar-refractivity contribution is 9.10. The number of hydrogen-bond acceptors (Lipinski definition) is 3. The number of ether oxygens (including phenoxy) is 2. The number of nitrogens with zero attached hydrogens (tertiary/aromatic N) is 1. The fourth-order valence-electron chi connectivity index (χ4n) is 2.41. The molecule has 1 atom stereocenters. The summed E-state index contributed by atoms with van der Waals surface area (Å²) >= 11 is 3.42. The Balaban J connectivity index is 1.69. The average Bonchev–Trinajstić information content (AvgIpc) is 2.42. The minimum atomic E-state index is 0.409. The van der Waals surface area contributed by atoms with Gasteiger partial charge in [-0.15, -0.1) is 0 Å². The van der Waals surface area contributed by atoms with Gasteiger partial charge in [-0.25, -0.2) is 0 Å². The molecular formula is C15H22BrNO2. The Morgan fingerprint density at radius 1 is 1.32 bits per heavy atom. The van der Waals surface area contributed by atoms with Crippen LogP contribution < -0.4 is 4.74 Å². The minimum Gasteiger partial charge on any atom is -0.492 e. The maximum absolute atomic E-state index is 5.76. The van der Waals surface area contributed by atoms with Gasteiger partial charge < -0.3 is 9.47 Å². The SMILES string of the molecule is CCOC1CCCN(CCOc2ccc(Br)cc2)C1. The van der Waals surface area contributed by atoms with E-state index in [4.69, 9.17) is 9.47 Å². The van der Waals surface area contributed by atoms with Gasteiger partial charge in [0, 0.05) is 24.2 Å². The van der Waals surface area contributed by atoms with E-state index in [0.29, 0.717) is 6.10 Å². The summed E-state index contributed by atoms with van der Waals surface area (Å²) in [5.74, 6) is 0.932. The fraction of sp³-hybridized carbons (Fsp3) is 0.600. The zero-order valence-corrected chi connectivity index (χ0v) is 13.1. The molecule has 1 heterocycles. The zero-order valence-electron chi connectivity index (χ0n) is 11.5. The third-order valence-electron chi connectivity index (χ3n) is 3.35. The largest absolute Gasteiger partial charge is 0.492 e. The molecule has 0 bridgehead atoms. The second-order valence-corrected chi connectivity index (χ2v) is 5.74. The smallest absolute Gasteiger partial charge is 0.119 e. The molecule has 1 unspecified atom stereocenters. The molecule has 0 aliphatic carbocycles. The lowest BCUT2D eigenvalue weighted by atomic mass is 10.1. The van der Waals surface area contributed by atoms with Crippen LogP contribution in [-0.2, 0) is 4.74 Å². The summed E-state index contributed by atoms with van der Waals surface area (Å²) < 4.78 is 12.5. The summed E-state index contributed by atoms with van der Waals surface area (Å²) in [5.41, 5.74) is 0. The summed E-state index contributed by atoms with van der Waals surface area (Å²) in [6.07, 6.45) is 2.83. The van der Waals surface area contributed by atoms with E-state index in [1.165, 1.54) is 12.8 Å². The van der Waals surface area contributed by atoms with E-state index in [2.05, 4.69) is 27.8 Å². The molecule has 4 heteroatoms. The van der Waals surface area contributed by atoms with Crippen molar-refractivity contribution in [1.29, 1.82) is 0 Å². The van der Waals surface area contributed by atoms with E-state index >= 15 is 0 Å². The van der Waals surface area contributed by atoms with Crippen LogP contribution in [0.4, 0.5) is 0 Å². The van der Waals surface area contributed by atoms with Crippen LogP contribution >= 0.6 is 15.9 Å². The van der Waals surface area contributed by atoms with E-state index in [-0.39, 0.29) is 0 Å². The summed E-state index contributed by atoms with van der Waals surface area (Å²) in [6.45, 7) is 6.79. The molecule has 1 saturated heterocycles. The molecule has 19 heavy (non-hydrogen) atoms. The van der Waals surface area contributed by atoms with Crippen molar-refractivity contribution in [2.75, 3.05) is 32.8 Å². The first kappa shape index (κ1) is 14.8. The fourth-order valence-corrected chi connectivity index (χ4v) is 2.68. The molecule has 2 rings (SSSR count). The van der Waals surface area contributed by atoms with Crippen molar-refractivity contribution in [2.24, 2.45) is 0 Å². The topological polar surface area (TPSA) is 21.7 Å². The Bertz CT molecular complexity index is 367. The molecule has 1 aliphatic heterocycles. The van der Waals surface area contributed by atoms with Crippen molar-refractivity contribution in [3.63, 3.8) is 0 Å². The van der Waals surface area contributed by atoms with Crippen LogP contribution in [0.3, 0.4) is 0 Å². The van der Waals surface area contributed by atoms with Gasteiger partial charge in [0.2, 0.25) is 0 Å². The highest BCUT2D eigenvalue weighted by Crippen LogP contribution is 2.16. The van der Waals surface area contributed by atoms with E-state index in [1.807, 2.05) is 24.3 Å². The number of hydrogen-bond donors (Lipinski definition) is 0. The van der Waals surface area contributed by atoms with Crippen LogP contribution in [-0.4, -0.2) is 43.9 Å². The molecule has 0 radical (unpaired) electrons. The second-order valence-electron chi connectivity index (χ2n) is 4.82. The lowest BCUT2D eigenvalue weighted by Gasteiger charge is -2.32. The second kappa shape index (κ2) is 7.88. The van der Waals surface area contributed by atoms with Crippen molar-refractivity contribution < 1.29 is 9.47 Å². The first-order chi connectivity index (χ1) is 9.28. The Morgan fingerprint density at radius 3 is 2.84 bits per heavy atom. The van der Waals surface area contributed by atoms with Crippen LogP contribution in [0.5, 0.6) is 5.75 Å². The molecule has 0 amide bonds. The molecule has 1 aromatic rings. The molecule has 106 valence electrons. The van der Waals surface area contributed by atoms with Gasteiger partial charge in [0.05, 0.1) is 6.10 Å². The molecule has 1 aliphatic rings. The Labute approximate surface area is 124 Å². The van der Waals surface area contributed by atoms with E-state index in [1.54, 1.807) is 0 Å². The first-order valence-electron chi connectivity index (χ1n) is 7.00. The summed E-state index contributed by atoms with van der Waals surface area (Å²) in [6, 6.07) is 7.98. The maximum atomic E-state index is 5.76. The van der Waals surface area contributed by atoms with Crippen LogP contribution in [0.15, 0.2) is 28.7 Å². The minimum absolute atomic E-state index is 0.409. The number of rotatable bonds is 6. The molecule has 0 N–H and O–H groups in total. The molecule has 0 spiro atoms. The van der Waals surface area contributed by atoms with Crippen LogP contribution in [0.2, 0.25) is 0 Å². The van der Waals surface area contributed by atoms with Gasteiger partial charge in [-0.1, -0.05) is 15.9 Å². The summed E-state index contributed by atoms with van der Waals surface area (Å²) in [4.78, 5) is 2.43. The van der Waals surface area contributed by atoms with Crippen molar-refractivity contribution in [2.45, 2.75) is 25.9 Å². The average molecular weight is 328 g/mol. The lowest BCUT2D eigenvalue weighted by molar-refractivity contribution is 0.00304. The van der Waals surface area contributed by atoms with Gasteiger partial charge in [0.25, 0.3) is 0 Å². The van der Waals surface area contributed by atoms with Crippen LogP contribution in [0, 0.1) is 0 Å². The quantitative estimate of drug-likeness (QED) is 0.800. The number of halogens is 1. The summed E-state index contributed by atoms with van der Waals surface area (Å²) in [7, 11) is 0. The first-order valence-corrected chi connectivity index (χ1v) is 7.79. The molecule has 1 aromatic carbocycles. The Hall–Kier alpha value is -0.580. The molecular weight excluding hydrogens is 306 g/mol.